The monoisotopic (exact) mass is 154 g/mol. The Bertz CT molecular complexity index is 147. The second-order valence-electron chi connectivity index (χ2n) is 3.80. The SMILES string of the molecule is CCC[C@H]1C=C[C@@](C)(O)CC1. The molecule has 11 heavy (non-hydrogen) atoms. The van der Waals surface area contributed by atoms with Crippen molar-refractivity contribution >= 4 is 0 Å². The lowest BCUT2D eigenvalue weighted by molar-refractivity contribution is 0.0874. The molecule has 1 aliphatic carbocycles. The van der Waals surface area contributed by atoms with Crippen LogP contribution >= 0.6 is 0 Å². The molecule has 0 heterocycles. The van der Waals surface area contributed by atoms with Gasteiger partial charge < -0.3 is 5.11 Å². The molecule has 1 aliphatic rings. The Kier molecular flexibility index (Phi) is 2.72. The molecule has 1 rings (SSSR count). The number of hydrogen-bond donors (Lipinski definition) is 1. The summed E-state index contributed by atoms with van der Waals surface area (Å²) in [5, 5.41) is 9.57. The maximum absolute atomic E-state index is 9.57. The van der Waals surface area contributed by atoms with E-state index in [1.807, 2.05) is 13.0 Å². The summed E-state index contributed by atoms with van der Waals surface area (Å²) in [6.07, 6.45) is 8.72. The third-order valence-electron chi connectivity index (χ3n) is 2.41. The van der Waals surface area contributed by atoms with Gasteiger partial charge in [0, 0.05) is 0 Å². The van der Waals surface area contributed by atoms with Crippen LogP contribution < -0.4 is 0 Å². The summed E-state index contributed by atoms with van der Waals surface area (Å²) in [6.45, 7) is 4.09. The zero-order valence-electron chi connectivity index (χ0n) is 7.51. The zero-order valence-corrected chi connectivity index (χ0v) is 7.51. The van der Waals surface area contributed by atoms with Gasteiger partial charge in [-0.05, 0) is 32.1 Å². The van der Waals surface area contributed by atoms with Gasteiger partial charge in [0.25, 0.3) is 0 Å². The molecule has 0 aliphatic heterocycles. The quantitative estimate of drug-likeness (QED) is 0.606. The van der Waals surface area contributed by atoms with Crippen LogP contribution in [-0.2, 0) is 0 Å². The van der Waals surface area contributed by atoms with E-state index in [0.29, 0.717) is 0 Å². The molecule has 0 bridgehead atoms. The van der Waals surface area contributed by atoms with Gasteiger partial charge in [0.2, 0.25) is 0 Å². The van der Waals surface area contributed by atoms with Crippen LogP contribution in [0.25, 0.3) is 0 Å². The van der Waals surface area contributed by atoms with Gasteiger partial charge in [-0.25, -0.2) is 0 Å². The predicted molar refractivity (Wildman–Crippen MR) is 47.4 cm³/mol. The van der Waals surface area contributed by atoms with Crippen LogP contribution in [0.1, 0.15) is 39.5 Å². The lowest BCUT2D eigenvalue weighted by Crippen LogP contribution is -2.25. The molecule has 0 aromatic rings. The normalized spacial score (nSPS) is 37.5. The van der Waals surface area contributed by atoms with Crippen molar-refractivity contribution in [2.75, 3.05) is 0 Å². The van der Waals surface area contributed by atoms with Gasteiger partial charge in [-0.2, -0.15) is 0 Å². The van der Waals surface area contributed by atoms with E-state index in [2.05, 4.69) is 13.0 Å². The summed E-state index contributed by atoms with van der Waals surface area (Å²) in [5.41, 5.74) is -0.524. The summed E-state index contributed by atoms with van der Waals surface area (Å²) in [5.74, 6) is 0.722. The Morgan fingerprint density at radius 3 is 2.82 bits per heavy atom. The van der Waals surface area contributed by atoms with Crippen LogP contribution in [0.15, 0.2) is 12.2 Å². The third-order valence-corrected chi connectivity index (χ3v) is 2.41. The first-order valence-electron chi connectivity index (χ1n) is 4.56. The van der Waals surface area contributed by atoms with Crippen molar-refractivity contribution in [1.29, 1.82) is 0 Å². The smallest absolute Gasteiger partial charge is 0.0800 e. The molecule has 0 radical (unpaired) electrons. The van der Waals surface area contributed by atoms with E-state index in [4.69, 9.17) is 0 Å². The van der Waals surface area contributed by atoms with E-state index in [9.17, 15) is 5.11 Å². The van der Waals surface area contributed by atoms with Crippen LogP contribution in [-0.4, -0.2) is 10.7 Å². The van der Waals surface area contributed by atoms with Gasteiger partial charge in [0.05, 0.1) is 5.60 Å². The van der Waals surface area contributed by atoms with Crippen molar-refractivity contribution in [2.45, 2.75) is 45.1 Å². The molecule has 0 aromatic heterocycles. The lowest BCUT2D eigenvalue weighted by Gasteiger charge is -2.26. The molecule has 2 atom stereocenters. The van der Waals surface area contributed by atoms with Crippen molar-refractivity contribution in [3.05, 3.63) is 12.2 Å². The van der Waals surface area contributed by atoms with E-state index in [1.54, 1.807) is 0 Å². The summed E-state index contributed by atoms with van der Waals surface area (Å²) >= 11 is 0. The summed E-state index contributed by atoms with van der Waals surface area (Å²) in [6, 6.07) is 0. The fraction of sp³-hybridized carbons (Fsp3) is 0.800. The number of hydrogen-bond acceptors (Lipinski definition) is 1. The van der Waals surface area contributed by atoms with E-state index >= 15 is 0 Å². The molecule has 64 valence electrons. The number of rotatable bonds is 2. The van der Waals surface area contributed by atoms with Crippen LogP contribution in [0.3, 0.4) is 0 Å². The van der Waals surface area contributed by atoms with Crippen molar-refractivity contribution in [3.63, 3.8) is 0 Å². The first-order valence-corrected chi connectivity index (χ1v) is 4.56. The molecule has 0 aromatic carbocycles. The molecule has 0 unspecified atom stereocenters. The average Bonchev–Trinajstić information content (AvgIpc) is 1.94. The van der Waals surface area contributed by atoms with Gasteiger partial charge in [0.1, 0.15) is 0 Å². The molecular weight excluding hydrogens is 136 g/mol. The molecule has 1 N–H and O–H groups in total. The van der Waals surface area contributed by atoms with Crippen LogP contribution in [0.2, 0.25) is 0 Å². The van der Waals surface area contributed by atoms with Crippen LogP contribution in [0, 0.1) is 5.92 Å². The Morgan fingerprint density at radius 2 is 2.36 bits per heavy atom. The Morgan fingerprint density at radius 1 is 1.64 bits per heavy atom. The highest BCUT2D eigenvalue weighted by atomic mass is 16.3. The zero-order chi connectivity index (χ0) is 8.32. The highest BCUT2D eigenvalue weighted by Crippen LogP contribution is 2.27. The molecule has 0 saturated heterocycles. The maximum Gasteiger partial charge on any atom is 0.0800 e. The standard InChI is InChI=1S/C10H18O/c1-3-4-9-5-7-10(2,11)8-6-9/h5,7,9,11H,3-4,6,8H2,1-2H3/t9-,10+/m0/s1. The number of aliphatic hydroxyl groups is 1. The Hall–Kier alpha value is -0.300. The van der Waals surface area contributed by atoms with Gasteiger partial charge in [-0.1, -0.05) is 25.5 Å². The van der Waals surface area contributed by atoms with Crippen molar-refractivity contribution in [3.8, 4) is 0 Å². The van der Waals surface area contributed by atoms with E-state index in [0.717, 1.165) is 18.8 Å². The molecule has 0 amide bonds. The van der Waals surface area contributed by atoms with E-state index in [-0.39, 0.29) is 0 Å². The minimum Gasteiger partial charge on any atom is -0.386 e. The van der Waals surface area contributed by atoms with Gasteiger partial charge in [-0.15, -0.1) is 0 Å². The van der Waals surface area contributed by atoms with E-state index in [1.165, 1.54) is 12.8 Å². The third kappa shape index (κ3) is 2.66. The number of allylic oxidation sites excluding steroid dienone is 1. The predicted octanol–water partition coefficient (Wildman–Crippen LogP) is 2.50. The molecule has 1 heteroatoms. The second kappa shape index (κ2) is 3.40. The summed E-state index contributed by atoms with van der Waals surface area (Å²) in [7, 11) is 0. The Labute approximate surface area is 69.1 Å². The van der Waals surface area contributed by atoms with Gasteiger partial charge >= 0.3 is 0 Å². The molecular formula is C10H18O. The Balaban J connectivity index is 2.43. The van der Waals surface area contributed by atoms with Gasteiger partial charge in [-0.3, -0.25) is 0 Å². The minimum absolute atomic E-state index is 0.524. The summed E-state index contributed by atoms with van der Waals surface area (Å²) < 4.78 is 0. The highest BCUT2D eigenvalue weighted by molar-refractivity contribution is 5.05. The average molecular weight is 154 g/mol. The molecule has 1 nitrogen and oxygen atoms in total. The van der Waals surface area contributed by atoms with Crippen LogP contribution in [0.4, 0.5) is 0 Å². The lowest BCUT2D eigenvalue weighted by atomic mass is 9.84. The molecule has 0 saturated carbocycles. The van der Waals surface area contributed by atoms with E-state index < -0.39 is 5.60 Å². The molecule has 0 fully saturated rings. The van der Waals surface area contributed by atoms with Crippen molar-refractivity contribution < 1.29 is 5.11 Å². The largest absolute Gasteiger partial charge is 0.386 e. The first-order chi connectivity index (χ1) is 5.14. The fourth-order valence-corrected chi connectivity index (χ4v) is 1.61. The summed E-state index contributed by atoms with van der Waals surface area (Å²) in [4.78, 5) is 0. The minimum atomic E-state index is -0.524. The molecule has 0 spiro atoms. The fourth-order valence-electron chi connectivity index (χ4n) is 1.61. The highest BCUT2D eigenvalue weighted by Gasteiger charge is 2.22. The van der Waals surface area contributed by atoms with Crippen molar-refractivity contribution in [2.24, 2.45) is 5.92 Å². The second-order valence-corrected chi connectivity index (χ2v) is 3.80. The van der Waals surface area contributed by atoms with Crippen molar-refractivity contribution in [1.82, 2.24) is 0 Å². The maximum atomic E-state index is 9.57. The van der Waals surface area contributed by atoms with Gasteiger partial charge in [0.15, 0.2) is 0 Å². The topological polar surface area (TPSA) is 20.2 Å². The first kappa shape index (κ1) is 8.79. The van der Waals surface area contributed by atoms with Crippen LogP contribution in [0.5, 0.6) is 0 Å².